The van der Waals surface area contributed by atoms with Crippen LogP contribution in [-0.4, -0.2) is 51.9 Å². The van der Waals surface area contributed by atoms with Gasteiger partial charge in [-0.05, 0) is 37.1 Å². The minimum Gasteiger partial charge on any atom is -0.351 e. The number of imidazole rings is 1. The number of carbonyl (C=O) groups excluding carboxylic acids is 2. The number of likely N-dealkylation sites (tertiary alicyclic amines) is 1. The molecule has 7 nitrogen and oxygen atoms in total. The van der Waals surface area contributed by atoms with Crippen molar-refractivity contribution in [2.24, 2.45) is 17.6 Å². The summed E-state index contributed by atoms with van der Waals surface area (Å²) in [6, 6.07) is 5.89. The third-order valence-corrected chi connectivity index (χ3v) is 5.77. The van der Waals surface area contributed by atoms with Crippen molar-refractivity contribution in [3.05, 3.63) is 29.6 Å². The van der Waals surface area contributed by atoms with Gasteiger partial charge in [0.15, 0.2) is 0 Å². The van der Waals surface area contributed by atoms with Crippen LogP contribution < -0.4 is 11.1 Å². The van der Waals surface area contributed by atoms with Crippen molar-refractivity contribution in [3.8, 4) is 0 Å². The first-order valence-electron chi connectivity index (χ1n) is 10.2. The molecule has 2 atom stereocenters. The van der Waals surface area contributed by atoms with Crippen LogP contribution in [0, 0.1) is 11.8 Å². The number of fused-ring (bicyclic) bond motifs is 2. The molecule has 28 heavy (non-hydrogen) atoms. The Kier molecular flexibility index (Phi) is 5.10. The normalized spacial score (nSPS) is 21.6. The van der Waals surface area contributed by atoms with Gasteiger partial charge in [0, 0.05) is 44.0 Å². The molecular weight excluding hydrogens is 354 g/mol. The maximum Gasteiger partial charge on any atom is 0.254 e. The fourth-order valence-corrected chi connectivity index (χ4v) is 4.42. The Morgan fingerprint density at radius 3 is 2.89 bits per heavy atom. The Bertz CT molecular complexity index is 888. The van der Waals surface area contributed by atoms with Crippen molar-refractivity contribution in [2.75, 3.05) is 19.6 Å². The molecule has 150 valence electrons. The molecule has 2 saturated heterocycles. The maximum atomic E-state index is 13.1. The Hall–Kier alpha value is -2.41. The van der Waals surface area contributed by atoms with Crippen LogP contribution in [0.25, 0.3) is 11.0 Å². The van der Waals surface area contributed by atoms with Crippen LogP contribution in [0.5, 0.6) is 0 Å². The summed E-state index contributed by atoms with van der Waals surface area (Å²) in [6.07, 6.45) is 2.31. The molecule has 0 spiro atoms. The molecule has 2 fully saturated rings. The zero-order chi connectivity index (χ0) is 19.8. The SMILES string of the molecule is CC(C)Cc1nc2ccc(C(=O)N3C[C@@H]4CC(=O)N[C@@H]4C3)cc2n1CCCN. The van der Waals surface area contributed by atoms with E-state index in [9.17, 15) is 9.59 Å². The number of aryl methyl sites for hydroxylation is 1. The van der Waals surface area contributed by atoms with Crippen molar-refractivity contribution in [3.63, 3.8) is 0 Å². The van der Waals surface area contributed by atoms with E-state index < -0.39 is 0 Å². The van der Waals surface area contributed by atoms with Crippen LogP contribution in [0.15, 0.2) is 18.2 Å². The molecule has 1 aromatic heterocycles. The van der Waals surface area contributed by atoms with E-state index in [2.05, 4.69) is 23.7 Å². The zero-order valence-electron chi connectivity index (χ0n) is 16.6. The molecule has 2 aliphatic rings. The first-order chi connectivity index (χ1) is 13.5. The van der Waals surface area contributed by atoms with Crippen LogP contribution in [0.1, 0.15) is 42.9 Å². The Labute approximate surface area is 165 Å². The van der Waals surface area contributed by atoms with E-state index in [1.54, 1.807) is 0 Å². The highest BCUT2D eigenvalue weighted by molar-refractivity contribution is 5.98. The number of aromatic nitrogens is 2. The number of nitrogens with one attached hydrogen (secondary N) is 1. The number of nitrogens with zero attached hydrogens (tertiary/aromatic N) is 3. The van der Waals surface area contributed by atoms with E-state index in [4.69, 9.17) is 10.7 Å². The number of hydrogen-bond donors (Lipinski definition) is 2. The predicted molar refractivity (Wildman–Crippen MR) is 108 cm³/mol. The van der Waals surface area contributed by atoms with E-state index in [-0.39, 0.29) is 23.8 Å². The van der Waals surface area contributed by atoms with Gasteiger partial charge in [-0.15, -0.1) is 0 Å². The second-order valence-electron chi connectivity index (χ2n) is 8.47. The molecule has 0 bridgehead atoms. The monoisotopic (exact) mass is 383 g/mol. The van der Waals surface area contributed by atoms with Gasteiger partial charge >= 0.3 is 0 Å². The molecule has 4 rings (SSSR count). The molecule has 0 unspecified atom stereocenters. The van der Waals surface area contributed by atoms with Gasteiger partial charge in [0.1, 0.15) is 5.82 Å². The molecule has 2 amide bonds. The Morgan fingerprint density at radius 2 is 2.18 bits per heavy atom. The lowest BCUT2D eigenvalue weighted by atomic mass is 10.1. The van der Waals surface area contributed by atoms with Gasteiger partial charge in [0.2, 0.25) is 5.91 Å². The van der Waals surface area contributed by atoms with Gasteiger partial charge < -0.3 is 20.5 Å². The number of amides is 2. The number of benzene rings is 1. The molecule has 0 radical (unpaired) electrons. The van der Waals surface area contributed by atoms with Crippen molar-refractivity contribution in [2.45, 2.75) is 45.7 Å². The fraction of sp³-hybridized carbons (Fsp3) is 0.571. The van der Waals surface area contributed by atoms with Crippen LogP contribution >= 0.6 is 0 Å². The van der Waals surface area contributed by atoms with E-state index in [1.807, 2.05) is 23.1 Å². The van der Waals surface area contributed by atoms with Gasteiger partial charge in [0.05, 0.1) is 17.1 Å². The second kappa shape index (κ2) is 7.54. The van der Waals surface area contributed by atoms with Gasteiger partial charge in [-0.3, -0.25) is 9.59 Å². The highest BCUT2D eigenvalue weighted by Gasteiger charge is 2.41. The summed E-state index contributed by atoms with van der Waals surface area (Å²) in [5, 5.41) is 2.98. The molecule has 3 N–H and O–H groups in total. The van der Waals surface area contributed by atoms with Crippen molar-refractivity contribution >= 4 is 22.8 Å². The molecule has 0 saturated carbocycles. The van der Waals surface area contributed by atoms with Crippen molar-refractivity contribution < 1.29 is 9.59 Å². The summed E-state index contributed by atoms with van der Waals surface area (Å²) < 4.78 is 2.22. The first-order valence-corrected chi connectivity index (χ1v) is 10.2. The number of carbonyl (C=O) groups is 2. The second-order valence-corrected chi connectivity index (χ2v) is 8.47. The third kappa shape index (κ3) is 3.51. The van der Waals surface area contributed by atoms with E-state index in [1.165, 1.54) is 0 Å². The van der Waals surface area contributed by atoms with E-state index >= 15 is 0 Å². The standard InChI is InChI=1S/C21H29N5O2/c1-13(2)8-19-23-16-5-4-14(9-18(16)26(19)7-3-6-22)21(28)25-11-15-10-20(27)24-17(15)12-25/h4-5,9,13,15,17H,3,6-8,10-12,22H2,1-2H3,(H,24,27)/t15-,17+/m0/s1. The number of hydrogen-bond acceptors (Lipinski definition) is 4. The van der Waals surface area contributed by atoms with Gasteiger partial charge in [-0.25, -0.2) is 4.98 Å². The summed E-state index contributed by atoms with van der Waals surface area (Å²) >= 11 is 0. The smallest absolute Gasteiger partial charge is 0.254 e. The zero-order valence-corrected chi connectivity index (χ0v) is 16.6. The quantitative estimate of drug-likeness (QED) is 0.791. The van der Waals surface area contributed by atoms with Crippen LogP contribution in [0.3, 0.4) is 0 Å². The largest absolute Gasteiger partial charge is 0.351 e. The lowest BCUT2D eigenvalue weighted by Crippen LogP contribution is -2.35. The minimum atomic E-state index is 0.0301. The molecule has 1 aromatic carbocycles. The van der Waals surface area contributed by atoms with Crippen LogP contribution in [0.4, 0.5) is 0 Å². The maximum absolute atomic E-state index is 13.1. The van der Waals surface area contributed by atoms with Gasteiger partial charge in [-0.1, -0.05) is 13.8 Å². The summed E-state index contributed by atoms with van der Waals surface area (Å²) in [5.74, 6) is 1.94. The number of nitrogens with two attached hydrogens (primary N) is 1. The summed E-state index contributed by atoms with van der Waals surface area (Å²) in [4.78, 5) is 31.3. The molecule has 0 aliphatic carbocycles. The fourth-order valence-electron chi connectivity index (χ4n) is 4.42. The van der Waals surface area contributed by atoms with Crippen LogP contribution in [0.2, 0.25) is 0 Å². The predicted octanol–water partition coefficient (Wildman–Crippen LogP) is 1.54. The van der Waals surface area contributed by atoms with Crippen molar-refractivity contribution in [1.82, 2.24) is 19.8 Å². The highest BCUT2D eigenvalue weighted by atomic mass is 16.2. The first kappa shape index (κ1) is 18.9. The average Bonchev–Trinajstić information content (AvgIpc) is 3.29. The Balaban J connectivity index is 1.61. The molecular formula is C21H29N5O2. The molecule has 2 aromatic rings. The lowest BCUT2D eigenvalue weighted by molar-refractivity contribution is -0.119. The number of rotatable bonds is 6. The van der Waals surface area contributed by atoms with Crippen LogP contribution in [-0.2, 0) is 17.8 Å². The average molecular weight is 383 g/mol. The summed E-state index contributed by atoms with van der Waals surface area (Å²) in [6.45, 7) is 7.05. The summed E-state index contributed by atoms with van der Waals surface area (Å²) in [7, 11) is 0. The third-order valence-electron chi connectivity index (χ3n) is 5.77. The molecule has 2 aliphatic heterocycles. The minimum absolute atomic E-state index is 0.0301. The molecule has 3 heterocycles. The van der Waals surface area contributed by atoms with Gasteiger partial charge in [-0.2, -0.15) is 0 Å². The topological polar surface area (TPSA) is 93.2 Å². The van der Waals surface area contributed by atoms with E-state index in [0.29, 0.717) is 37.5 Å². The summed E-state index contributed by atoms with van der Waals surface area (Å²) in [5.41, 5.74) is 8.34. The van der Waals surface area contributed by atoms with Gasteiger partial charge in [0.25, 0.3) is 5.91 Å². The Morgan fingerprint density at radius 1 is 1.36 bits per heavy atom. The highest BCUT2D eigenvalue weighted by Crippen LogP contribution is 2.27. The molecule has 7 heteroatoms. The van der Waals surface area contributed by atoms with Crippen molar-refractivity contribution in [1.29, 1.82) is 0 Å². The lowest BCUT2D eigenvalue weighted by Gasteiger charge is -2.17. The van der Waals surface area contributed by atoms with E-state index in [0.717, 1.165) is 36.2 Å².